The second kappa shape index (κ2) is 15.1. The van der Waals surface area contributed by atoms with Gasteiger partial charge in [0.2, 0.25) is 0 Å². The molecule has 0 bridgehead atoms. The predicted molar refractivity (Wildman–Crippen MR) is 221 cm³/mol. The molecule has 5 rings (SSSR count). The van der Waals surface area contributed by atoms with Crippen LogP contribution in [0.2, 0.25) is 0 Å². The quantitative estimate of drug-likeness (QED) is 0.0967. The lowest BCUT2D eigenvalue weighted by atomic mass is 9.84. The van der Waals surface area contributed by atoms with E-state index >= 15 is 0 Å². The molecule has 11 heteroatoms. The van der Waals surface area contributed by atoms with Gasteiger partial charge in [0.05, 0.1) is 11.4 Å². The molecule has 0 saturated carbocycles. The van der Waals surface area contributed by atoms with Crippen molar-refractivity contribution in [1.29, 1.82) is 0 Å². The summed E-state index contributed by atoms with van der Waals surface area (Å²) in [7, 11) is -9.20. The van der Waals surface area contributed by atoms with Crippen molar-refractivity contribution in [2.24, 2.45) is 10.9 Å². The molecule has 54 heavy (non-hydrogen) atoms. The first kappa shape index (κ1) is 40.4. The Hall–Kier alpha value is -4.81. The molecular formula is C43H49N3O6S2. The van der Waals surface area contributed by atoms with Crippen LogP contribution in [0.3, 0.4) is 0 Å². The number of benzene rings is 4. The number of hydrogen-bond acceptors (Lipinski definition) is 7. The van der Waals surface area contributed by atoms with E-state index in [1.54, 1.807) is 32.0 Å². The Kier molecular flexibility index (Phi) is 11.3. The van der Waals surface area contributed by atoms with Crippen molar-refractivity contribution in [3.8, 4) is 0 Å². The molecule has 0 heterocycles. The third kappa shape index (κ3) is 8.29. The van der Waals surface area contributed by atoms with Gasteiger partial charge in [-0.1, -0.05) is 69.7 Å². The van der Waals surface area contributed by atoms with E-state index in [0.29, 0.717) is 39.2 Å². The molecule has 5 N–H and O–H groups in total. The summed E-state index contributed by atoms with van der Waals surface area (Å²) in [5.74, 6) is 0.0107. The van der Waals surface area contributed by atoms with Crippen molar-refractivity contribution in [2.75, 3.05) is 11.1 Å². The number of anilines is 3. The van der Waals surface area contributed by atoms with Gasteiger partial charge in [-0.25, -0.2) is 4.99 Å². The van der Waals surface area contributed by atoms with Gasteiger partial charge in [0, 0.05) is 22.6 Å². The number of allylic oxidation sites excluding steroid dienone is 5. The van der Waals surface area contributed by atoms with E-state index in [4.69, 9.17) is 10.7 Å². The van der Waals surface area contributed by atoms with Crippen molar-refractivity contribution >= 4 is 54.3 Å². The van der Waals surface area contributed by atoms with E-state index in [9.17, 15) is 25.9 Å². The fourth-order valence-corrected chi connectivity index (χ4v) is 9.07. The largest absolute Gasteiger partial charge is 0.399 e. The molecule has 9 nitrogen and oxygen atoms in total. The molecule has 1 aliphatic carbocycles. The van der Waals surface area contributed by atoms with Crippen molar-refractivity contribution in [3.63, 3.8) is 0 Å². The molecule has 1 aliphatic rings. The van der Waals surface area contributed by atoms with E-state index in [-0.39, 0.29) is 32.9 Å². The van der Waals surface area contributed by atoms with Gasteiger partial charge in [-0.05, 0) is 145 Å². The third-order valence-corrected chi connectivity index (χ3v) is 11.8. The Bertz CT molecular complexity index is 2520. The second-order valence-electron chi connectivity index (χ2n) is 14.8. The van der Waals surface area contributed by atoms with Gasteiger partial charge in [0.1, 0.15) is 9.79 Å². The lowest BCUT2D eigenvalue weighted by molar-refractivity contribution is 0.480. The first-order valence-electron chi connectivity index (χ1n) is 17.8. The van der Waals surface area contributed by atoms with Crippen molar-refractivity contribution in [1.82, 2.24) is 0 Å². The van der Waals surface area contributed by atoms with Gasteiger partial charge < -0.3 is 11.1 Å². The highest BCUT2D eigenvalue weighted by Crippen LogP contribution is 2.41. The molecule has 284 valence electrons. The number of nitrogens with one attached hydrogen (secondary N) is 1. The summed E-state index contributed by atoms with van der Waals surface area (Å²) in [6.45, 7) is 19.5. The normalized spacial score (nSPS) is 15.3. The van der Waals surface area contributed by atoms with Crippen LogP contribution in [0.15, 0.2) is 98.8 Å². The maximum absolute atomic E-state index is 12.9. The summed E-state index contributed by atoms with van der Waals surface area (Å²) in [4.78, 5) is 4.66. The van der Waals surface area contributed by atoms with Crippen molar-refractivity contribution in [3.05, 3.63) is 134 Å². The van der Waals surface area contributed by atoms with Crippen LogP contribution in [0.1, 0.15) is 83.7 Å². The maximum atomic E-state index is 12.9. The fraction of sp³-hybridized carbons (Fsp3) is 0.279. The van der Waals surface area contributed by atoms with Crippen LogP contribution in [-0.4, -0.2) is 31.7 Å². The van der Waals surface area contributed by atoms with Crippen molar-refractivity contribution in [2.45, 2.75) is 84.9 Å². The summed E-state index contributed by atoms with van der Waals surface area (Å²) in [6.07, 6.45) is 5.89. The second-order valence-corrected chi connectivity index (χ2v) is 17.5. The molecule has 4 aromatic rings. The minimum absolute atomic E-state index is 0.0401. The summed E-state index contributed by atoms with van der Waals surface area (Å²) in [5.41, 5.74) is 18.2. The van der Waals surface area contributed by atoms with E-state index in [0.717, 1.165) is 44.8 Å². The van der Waals surface area contributed by atoms with E-state index < -0.39 is 20.2 Å². The number of aryl methyl sites for hydroxylation is 5. The summed E-state index contributed by atoms with van der Waals surface area (Å²) >= 11 is 0. The van der Waals surface area contributed by atoms with Crippen LogP contribution in [0.4, 0.5) is 22.7 Å². The zero-order valence-electron chi connectivity index (χ0n) is 32.5. The zero-order valence-corrected chi connectivity index (χ0v) is 34.1. The molecule has 0 radical (unpaired) electrons. The zero-order chi connectivity index (χ0) is 40.0. The average Bonchev–Trinajstić information content (AvgIpc) is 3.04. The van der Waals surface area contributed by atoms with Gasteiger partial charge in [0.15, 0.2) is 0 Å². The topological polar surface area (TPSA) is 159 Å². The van der Waals surface area contributed by atoms with Crippen molar-refractivity contribution < 1.29 is 25.9 Å². The highest BCUT2D eigenvalue weighted by atomic mass is 32.2. The number of rotatable bonds is 9. The SMILES string of the molecule is Cc1cc(C)c(N=C2C=CC(=C(c3ccc(Nc4c(C)cc(C)c(S(=O)(=O)O)c4C)c(C(C)C)c3)c3ccc(N)cc3S(=O)(=O)O)C=C2C(C)C)c(C)c1. The lowest BCUT2D eigenvalue weighted by Crippen LogP contribution is -2.12. The van der Waals surface area contributed by atoms with Gasteiger partial charge in [0.25, 0.3) is 20.2 Å². The van der Waals surface area contributed by atoms with Crippen LogP contribution < -0.4 is 11.1 Å². The Balaban J connectivity index is 1.79. The minimum atomic E-state index is -4.71. The Morgan fingerprint density at radius 1 is 0.741 bits per heavy atom. The van der Waals surface area contributed by atoms with E-state index in [2.05, 4.69) is 38.2 Å². The average molecular weight is 768 g/mol. The molecule has 0 aromatic heterocycles. The maximum Gasteiger partial charge on any atom is 0.295 e. The number of nitrogens with two attached hydrogens (primary N) is 1. The first-order chi connectivity index (χ1) is 25.1. The van der Waals surface area contributed by atoms with Gasteiger partial charge in [-0.3, -0.25) is 9.11 Å². The first-order valence-corrected chi connectivity index (χ1v) is 20.6. The molecule has 0 atom stereocenters. The van der Waals surface area contributed by atoms with Crippen LogP contribution in [0.25, 0.3) is 5.57 Å². The third-order valence-electron chi connectivity index (χ3n) is 9.74. The monoisotopic (exact) mass is 767 g/mol. The molecule has 0 spiro atoms. The van der Waals surface area contributed by atoms with Gasteiger partial charge in [-0.15, -0.1) is 0 Å². The molecule has 0 amide bonds. The standard InChI is InChI=1S/C43H49N3O6S2/c1-23(2)35-20-31(11-15-37(35)45-41-26(6)17-25(5)18-27(41)7)40(34-14-13-33(44)22-39(34)53(47,48)49)32-12-16-38(36(21-32)24(3)4)46-42-28(8)19-29(9)43(30(42)10)54(50,51)52/h11-24,46H,44H2,1-10H3,(H,47,48,49)(H,50,51,52). The van der Waals surface area contributed by atoms with Crippen LogP contribution in [0, 0.1) is 47.5 Å². The molecule has 0 fully saturated rings. The van der Waals surface area contributed by atoms with Crippen LogP contribution in [-0.2, 0) is 20.2 Å². The van der Waals surface area contributed by atoms with Crippen LogP contribution in [0.5, 0.6) is 0 Å². The number of aliphatic imine (C=N–C) groups is 1. The van der Waals surface area contributed by atoms with Crippen LogP contribution >= 0.6 is 0 Å². The van der Waals surface area contributed by atoms with E-state index in [1.807, 2.05) is 71.0 Å². The smallest absolute Gasteiger partial charge is 0.295 e. The Morgan fingerprint density at radius 2 is 1.39 bits per heavy atom. The summed E-state index contributed by atoms with van der Waals surface area (Å²) in [5, 5.41) is 3.44. The van der Waals surface area contributed by atoms with Gasteiger partial charge in [-0.2, -0.15) is 16.8 Å². The summed E-state index contributed by atoms with van der Waals surface area (Å²) in [6, 6.07) is 16.1. The molecular weight excluding hydrogens is 719 g/mol. The van der Waals surface area contributed by atoms with Gasteiger partial charge >= 0.3 is 0 Å². The molecule has 0 aliphatic heterocycles. The fourth-order valence-electron chi connectivity index (χ4n) is 7.38. The van der Waals surface area contributed by atoms with E-state index in [1.165, 1.54) is 6.07 Å². The Morgan fingerprint density at radius 3 is 1.96 bits per heavy atom. The summed E-state index contributed by atoms with van der Waals surface area (Å²) < 4.78 is 71.0. The number of hydrogen-bond donors (Lipinski definition) is 4. The molecule has 0 unspecified atom stereocenters. The molecule has 4 aromatic carbocycles. The number of nitrogen functional groups attached to an aromatic ring is 1. The molecule has 0 saturated heterocycles. The number of nitrogens with zero attached hydrogens (tertiary/aromatic N) is 1. The predicted octanol–water partition coefficient (Wildman–Crippen LogP) is 10.2. The minimum Gasteiger partial charge on any atom is -0.399 e. The lowest BCUT2D eigenvalue weighted by Gasteiger charge is -2.24. The highest BCUT2D eigenvalue weighted by Gasteiger charge is 2.26. The highest BCUT2D eigenvalue weighted by molar-refractivity contribution is 7.86. The Labute approximate surface area is 320 Å².